The van der Waals surface area contributed by atoms with Gasteiger partial charge in [0.15, 0.2) is 0 Å². The maximum absolute atomic E-state index is 5.90. The van der Waals surface area contributed by atoms with Crippen molar-refractivity contribution >= 4 is 11.6 Å². The van der Waals surface area contributed by atoms with Crippen molar-refractivity contribution < 1.29 is 0 Å². The average Bonchev–Trinajstić information content (AvgIpc) is 2.37. The lowest BCUT2D eigenvalue weighted by Crippen LogP contribution is -2.26. The van der Waals surface area contributed by atoms with E-state index in [4.69, 9.17) is 11.6 Å². The Hall–Kier alpha value is -0.630. The van der Waals surface area contributed by atoms with Crippen LogP contribution in [-0.4, -0.2) is 9.97 Å². The van der Waals surface area contributed by atoms with Crippen molar-refractivity contribution in [3.8, 4) is 0 Å². The summed E-state index contributed by atoms with van der Waals surface area (Å²) in [6, 6.07) is 1.98. The third-order valence-corrected chi connectivity index (χ3v) is 4.65. The van der Waals surface area contributed by atoms with Crippen LogP contribution in [0.15, 0.2) is 6.07 Å². The van der Waals surface area contributed by atoms with Gasteiger partial charge in [0.2, 0.25) is 0 Å². The quantitative estimate of drug-likeness (QED) is 0.724. The smallest absolute Gasteiger partial charge is 0.131 e. The summed E-state index contributed by atoms with van der Waals surface area (Å²) in [6.07, 6.45) is 5.02. The van der Waals surface area contributed by atoms with Crippen molar-refractivity contribution in [3.63, 3.8) is 0 Å². The fourth-order valence-corrected chi connectivity index (χ4v) is 3.26. The monoisotopic (exact) mass is 280 g/mol. The normalized spacial score (nSPS) is 24.5. The van der Waals surface area contributed by atoms with E-state index in [0.29, 0.717) is 17.2 Å². The van der Waals surface area contributed by atoms with Crippen LogP contribution in [0.5, 0.6) is 0 Å². The van der Waals surface area contributed by atoms with Crippen molar-refractivity contribution in [3.05, 3.63) is 23.3 Å². The summed E-state index contributed by atoms with van der Waals surface area (Å²) in [5.41, 5.74) is 2.43. The third kappa shape index (κ3) is 3.68. The minimum absolute atomic E-state index is 0.430. The molecule has 1 fully saturated rings. The SMILES string of the molecule is Cc1cc(CCl)nc(C2CCC(C(C)(C)C)CC2)n1. The molecular formula is C16H25ClN2. The Kier molecular flexibility index (Phi) is 4.50. The topological polar surface area (TPSA) is 25.8 Å². The van der Waals surface area contributed by atoms with Gasteiger partial charge in [-0.15, -0.1) is 11.6 Å². The summed E-state index contributed by atoms with van der Waals surface area (Å²) < 4.78 is 0. The van der Waals surface area contributed by atoms with E-state index in [-0.39, 0.29) is 0 Å². The Morgan fingerprint density at radius 2 is 1.79 bits per heavy atom. The van der Waals surface area contributed by atoms with Crippen LogP contribution in [0.1, 0.15) is 69.6 Å². The van der Waals surface area contributed by atoms with E-state index in [1.807, 2.05) is 13.0 Å². The molecule has 0 unspecified atom stereocenters. The second-order valence-electron chi connectivity index (χ2n) is 6.91. The van der Waals surface area contributed by atoms with Gasteiger partial charge in [0, 0.05) is 11.6 Å². The van der Waals surface area contributed by atoms with Gasteiger partial charge in [-0.3, -0.25) is 0 Å². The maximum atomic E-state index is 5.90. The Bertz CT molecular complexity index is 429. The van der Waals surface area contributed by atoms with Gasteiger partial charge in [0.1, 0.15) is 5.82 Å². The lowest BCUT2D eigenvalue weighted by atomic mass is 9.69. The summed E-state index contributed by atoms with van der Waals surface area (Å²) in [6.45, 7) is 9.09. The fraction of sp³-hybridized carbons (Fsp3) is 0.750. The van der Waals surface area contributed by atoms with Crippen molar-refractivity contribution in [2.75, 3.05) is 0 Å². The van der Waals surface area contributed by atoms with Gasteiger partial charge in [-0.05, 0) is 50.0 Å². The predicted molar refractivity (Wildman–Crippen MR) is 80.5 cm³/mol. The zero-order chi connectivity index (χ0) is 14.0. The first-order chi connectivity index (χ1) is 8.90. The zero-order valence-electron chi connectivity index (χ0n) is 12.5. The van der Waals surface area contributed by atoms with Gasteiger partial charge in [-0.2, -0.15) is 0 Å². The number of hydrogen-bond donors (Lipinski definition) is 0. The number of alkyl halides is 1. The largest absolute Gasteiger partial charge is 0.238 e. The highest BCUT2D eigenvalue weighted by Crippen LogP contribution is 2.42. The lowest BCUT2D eigenvalue weighted by Gasteiger charge is -2.36. The number of rotatable bonds is 2. The molecule has 0 aromatic carbocycles. The molecule has 0 spiro atoms. The molecule has 0 radical (unpaired) electrons. The van der Waals surface area contributed by atoms with Crippen LogP contribution < -0.4 is 0 Å². The van der Waals surface area contributed by atoms with E-state index in [9.17, 15) is 0 Å². The molecule has 0 N–H and O–H groups in total. The molecule has 1 saturated carbocycles. The maximum Gasteiger partial charge on any atom is 0.131 e. The van der Waals surface area contributed by atoms with Crippen LogP contribution in [0.25, 0.3) is 0 Å². The van der Waals surface area contributed by atoms with Gasteiger partial charge in [0.25, 0.3) is 0 Å². The Balaban J connectivity index is 2.07. The van der Waals surface area contributed by atoms with Crippen LogP contribution in [0.3, 0.4) is 0 Å². The summed E-state index contributed by atoms with van der Waals surface area (Å²) in [5.74, 6) is 2.86. The Morgan fingerprint density at radius 1 is 1.16 bits per heavy atom. The standard InChI is InChI=1S/C16H25ClN2/c1-11-9-14(10-17)19-15(18-11)12-5-7-13(8-6-12)16(2,3)4/h9,12-13H,5-8,10H2,1-4H3. The van der Waals surface area contributed by atoms with E-state index in [1.54, 1.807) is 0 Å². The van der Waals surface area contributed by atoms with Crippen molar-refractivity contribution in [2.45, 2.75) is 65.2 Å². The molecular weight excluding hydrogens is 256 g/mol. The number of nitrogens with zero attached hydrogens (tertiary/aromatic N) is 2. The summed E-state index contributed by atoms with van der Waals surface area (Å²) in [7, 11) is 0. The molecule has 3 heteroatoms. The molecule has 0 amide bonds. The number of aryl methyl sites for hydroxylation is 1. The molecule has 106 valence electrons. The highest BCUT2D eigenvalue weighted by Gasteiger charge is 2.31. The Labute approximate surface area is 122 Å². The van der Waals surface area contributed by atoms with E-state index in [0.717, 1.165) is 23.1 Å². The number of hydrogen-bond acceptors (Lipinski definition) is 2. The molecule has 1 aromatic heterocycles. The number of aromatic nitrogens is 2. The fourth-order valence-electron chi connectivity index (χ4n) is 3.13. The molecule has 2 nitrogen and oxygen atoms in total. The van der Waals surface area contributed by atoms with E-state index < -0.39 is 0 Å². The molecule has 0 aliphatic heterocycles. The van der Waals surface area contributed by atoms with E-state index in [1.165, 1.54) is 25.7 Å². The minimum Gasteiger partial charge on any atom is -0.238 e. The summed E-state index contributed by atoms with van der Waals surface area (Å²) in [5, 5.41) is 0. The molecule has 0 bridgehead atoms. The first kappa shape index (κ1) is 14.8. The molecule has 0 atom stereocenters. The highest BCUT2D eigenvalue weighted by molar-refractivity contribution is 6.16. The van der Waals surface area contributed by atoms with Crippen LogP contribution in [0, 0.1) is 18.3 Å². The van der Waals surface area contributed by atoms with Gasteiger partial charge in [-0.25, -0.2) is 9.97 Å². The second kappa shape index (κ2) is 5.78. The molecule has 1 heterocycles. The number of halogens is 1. The molecule has 1 aliphatic carbocycles. The van der Waals surface area contributed by atoms with Crippen molar-refractivity contribution in [2.24, 2.45) is 11.3 Å². The van der Waals surface area contributed by atoms with Gasteiger partial charge in [0.05, 0.1) is 11.6 Å². The molecule has 2 rings (SSSR count). The zero-order valence-corrected chi connectivity index (χ0v) is 13.3. The van der Waals surface area contributed by atoms with Gasteiger partial charge < -0.3 is 0 Å². The summed E-state index contributed by atoms with van der Waals surface area (Å²) >= 11 is 5.90. The second-order valence-corrected chi connectivity index (χ2v) is 7.17. The molecule has 0 saturated heterocycles. The molecule has 19 heavy (non-hydrogen) atoms. The first-order valence-corrected chi connectivity index (χ1v) is 7.84. The average molecular weight is 281 g/mol. The van der Waals surface area contributed by atoms with Crippen LogP contribution in [-0.2, 0) is 5.88 Å². The summed E-state index contributed by atoms with van der Waals surface area (Å²) in [4.78, 5) is 9.24. The minimum atomic E-state index is 0.430. The third-order valence-electron chi connectivity index (χ3n) is 4.38. The van der Waals surface area contributed by atoms with E-state index in [2.05, 4.69) is 30.7 Å². The highest BCUT2D eigenvalue weighted by atomic mass is 35.5. The predicted octanol–water partition coefficient (Wildman–Crippen LogP) is 4.84. The van der Waals surface area contributed by atoms with Gasteiger partial charge >= 0.3 is 0 Å². The van der Waals surface area contributed by atoms with Gasteiger partial charge in [-0.1, -0.05) is 20.8 Å². The van der Waals surface area contributed by atoms with Crippen LogP contribution >= 0.6 is 11.6 Å². The van der Waals surface area contributed by atoms with Crippen molar-refractivity contribution in [1.82, 2.24) is 9.97 Å². The van der Waals surface area contributed by atoms with Crippen LogP contribution in [0.2, 0.25) is 0 Å². The van der Waals surface area contributed by atoms with Crippen molar-refractivity contribution in [1.29, 1.82) is 0 Å². The lowest BCUT2D eigenvalue weighted by molar-refractivity contribution is 0.167. The van der Waals surface area contributed by atoms with E-state index >= 15 is 0 Å². The van der Waals surface area contributed by atoms with Crippen LogP contribution in [0.4, 0.5) is 0 Å². The molecule has 1 aromatic rings. The Morgan fingerprint density at radius 3 is 2.32 bits per heavy atom. The first-order valence-electron chi connectivity index (χ1n) is 7.30. The molecule has 1 aliphatic rings.